The number of amides is 1. The van der Waals surface area contributed by atoms with Crippen LogP contribution in [0.25, 0.3) is 0 Å². The summed E-state index contributed by atoms with van der Waals surface area (Å²) in [5, 5.41) is 2.66. The number of anilines is 1. The Hall–Kier alpha value is -1.09. The van der Waals surface area contributed by atoms with E-state index in [9.17, 15) is 9.18 Å². The predicted molar refractivity (Wildman–Crippen MR) is 66.6 cm³/mol. The van der Waals surface area contributed by atoms with Gasteiger partial charge in [0, 0.05) is 5.92 Å². The largest absolute Gasteiger partial charge is 0.323 e. The summed E-state index contributed by atoms with van der Waals surface area (Å²) in [5.74, 6) is -0.633. The molecular formula is C13H15ClFNO. The first-order valence-electron chi connectivity index (χ1n) is 5.93. The summed E-state index contributed by atoms with van der Waals surface area (Å²) in [6.07, 6.45) is 5.14. The molecule has 1 saturated carbocycles. The number of hydrogen-bond acceptors (Lipinski definition) is 1. The van der Waals surface area contributed by atoms with Gasteiger partial charge in [0.05, 0.1) is 10.7 Å². The molecule has 0 aromatic heterocycles. The molecule has 1 amide bonds. The average Bonchev–Trinajstić information content (AvgIpc) is 2.36. The van der Waals surface area contributed by atoms with Gasteiger partial charge >= 0.3 is 0 Å². The summed E-state index contributed by atoms with van der Waals surface area (Å²) >= 11 is 5.66. The van der Waals surface area contributed by atoms with Crippen molar-refractivity contribution in [2.75, 3.05) is 5.32 Å². The van der Waals surface area contributed by atoms with Crippen molar-refractivity contribution in [3.63, 3.8) is 0 Å². The quantitative estimate of drug-likeness (QED) is 0.850. The first-order chi connectivity index (χ1) is 8.18. The summed E-state index contributed by atoms with van der Waals surface area (Å²) in [5.41, 5.74) is 0.174. The molecule has 1 aromatic rings. The number of hydrogen-bond donors (Lipinski definition) is 1. The minimum Gasteiger partial charge on any atom is -0.323 e. The van der Waals surface area contributed by atoms with Gasteiger partial charge in [-0.1, -0.05) is 36.9 Å². The van der Waals surface area contributed by atoms with Crippen molar-refractivity contribution in [1.29, 1.82) is 0 Å². The van der Waals surface area contributed by atoms with Crippen LogP contribution in [-0.2, 0) is 4.79 Å². The lowest BCUT2D eigenvalue weighted by molar-refractivity contribution is -0.120. The normalized spacial score (nSPS) is 16.8. The number of rotatable bonds is 2. The molecule has 0 bridgehead atoms. The first-order valence-corrected chi connectivity index (χ1v) is 6.31. The monoisotopic (exact) mass is 255 g/mol. The second-order valence-corrected chi connectivity index (χ2v) is 4.83. The Labute approximate surface area is 105 Å². The van der Waals surface area contributed by atoms with Crippen LogP contribution in [0.4, 0.5) is 10.1 Å². The van der Waals surface area contributed by atoms with E-state index >= 15 is 0 Å². The highest BCUT2D eigenvalue weighted by Crippen LogP contribution is 2.27. The van der Waals surface area contributed by atoms with Gasteiger partial charge in [-0.3, -0.25) is 4.79 Å². The Morgan fingerprint density at radius 1 is 1.29 bits per heavy atom. The summed E-state index contributed by atoms with van der Waals surface area (Å²) in [6, 6.07) is 4.62. The minimum atomic E-state index is -0.557. The van der Waals surface area contributed by atoms with Gasteiger partial charge < -0.3 is 5.32 Å². The van der Waals surface area contributed by atoms with Crippen LogP contribution < -0.4 is 5.32 Å². The molecular weight excluding hydrogens is 241 g/mol. The molecule has 4 heteroatoms. The van der Waals surface area contributed by atoms with E-state index < -0.39 is 5.82 Å². The van der Waals surface area contributed by atoms with E-state index in [-0.39, 0.29) is 22.5 Å². The van der Waals surface area contributed by atoms with E-state index in [1.165, 1.54) is 18.6 Å². The fourth-order valence-corrected chi connectivity index (χ4v) is 2.37. The fraction of sp³-hybridized carbons (Fsp3) is 0.462. The minimum absolute atomic E-state index is 0.0159. The van der Waals surface area contributed by atoms with Crippen molar-refractivity contribution in [1.82, 2.24) is 0 Å². The van der Waals surface area contributed by atoms with E-state index in [1.54, 1.807) is 6.07 Å². The van der Waals surface area contributed by atoms with Crippen LogP contribution in [0.3, 0.4) is 0 Å². The molecule has 2 rings (SSSR count). The van der Waals surface area contributed by atoms with E-state index in [0.29, 0.717) is 0 Å². The Kier molecular flexibility index (Phi) is 4.00. The lowest BCUT2D eigenvalue weighted by Crippen LogP contribution is -2.25. The lowest BCUT2D eigenvalue weighted by Gasteiger charge is -2.20. The van der Waals surface area contributed by atoms with Crippen molar-refractivity contribution in [2.45, 2.75) is 32.1 Å². The Morgan fingerprint density at radius 3 is 2.71 bits per heavy atom. The van der Waals surface area contributed by atoms with Crippen LogP contribution in [0.5, 0.6) is 0 Å². The number of nitrogens with one attached hydrogen (secondary N) is 1. The van der Waals surface area contributed by atoms with E-state index in [1.807, 2.05) is 0 Å². The van der Waals surface area contributed by atoms with Gasteiger partial charge in [-0.2, -0.15) is 0 Å². The summed E-state index contributed by atoms with van der Waals surface area (Å²) in [4.78, 5) is 11.9. The van der Waals surface area contributed by atoms with Crippen LogP contribution in [0.2, 0.25) is 5.02 Å². The van der Waals surface area contributed by atoms with Gasteiger partial charge in [0.2, 0.25) is 5.91 Å². The molecule has 1 fully saturated rings. The molecule has 1 aromatic carbocycles. The number of carbonyl (C=O) groups excluding carboxylic acids is 1. The zero-order chi connectivity index (χ0) is 12.3. The maximum Gasteiger partial charge on any atom is 0.227 e. The predicted octanol–water partition coefficient (Wildman–Crippen LogP) is 4.00. The molecule has 0 spiro atoms. The molecule has 2 nitrogen and oxygen atoms in total. The second kappa shape index (κ2) is 5.50. The zero-order valence-electron chi connectivity index (χ0n) is 9.51. The summed E-state index contributed by atoms with van der Waals surface area (Å²) < 4.78 is 13.6. The molecule has 92 valence electrons. The zero-order valence-corrected chi connectivity index (χ0v) is 10.3. The SMILES string of the molecule is O=C(Nc1cccc(Cl)c1F)C1CCCCC1. The third kappa shape index (κ3) is 2.97. The summed E-state index contributed by atoms with van der Waals surface area (Å²) in [7, 11) is 0. The van der Waals surface area contributed by atoms with Crippen molar-refractivity contribution in [3.05, 3.63) is 29.0 Å². The maximum absolute atomic E-state index is 13.6. The molecule has 1 N–H and O–H groups in total. The van der Waals surface area contributed by atoms with Gasteiger partial charge in [-0.05, 0) is 25.0 Å². The smallest absolute Gasteiger partial charge is 0.227 e. The van der Waals surface area contributed by atoms with Gasteiger partial charge in [-0.25, -0.2) is 4.39 Å². The van der Waals surface area contributed by atoms with Gasteiger partial charge in [0.25, 0.3) is 0 Å². The lowest BCUT2D eigenvalue weighted by atomic mass is 9.88. The number of halogens is 2. The van der Waals surface area contributed by atoms with Crippen LogP contribution in [0, 0.1) is 11.7 Å². The fourth-order valence-electron chi connectivity index (χ4n) is 2.20. The molecule has 0 saturated heterocycles. The molecule has 0 atom stereocenters. The average molecular weight is 256 g/mol. The standard InChI is InChI=1S/C13H15ClFNO/c14-10-7-4-8-11(12(10)15)16-13(17)9-5-2-1-3-6-9/h4,7-9H,1-3,5-6H2,(H,16,17). The number of benzene rings is 1. The van der Waals surface area contributed by atoms with Crippen molar-refractivity contribution in [3.8, 4) is 0 Å². The Balaban J connectivity index is 2.04. The van der Waals surface area contributed by atoms with Crippen molar-refractivity contribution >= 4 is 23.2 Å². The highest BCUT2D eigenvalue weighted by atomic mass is 35.5. The van der Waals surface area contributed by atoms with Gasteiger partial charge in [0.1, 0.15) is 0 Å². The summed E-state index contributed by atoms with van der Waals surface area (Å²) in [6.45, 7) is 0. The third-order valence-corrected chi connectivity index (χ3v) is 3.48. The number of carbonyl (C=O) groups is 1. The second-order valence-electron chi connectivity index (χ2n) is 4.43. The molecule has 0 aliphatic heterocycles. The van der Waals surface area contributed by atoms with Gasteiger partial charge in [0.15, 0.2) is 5.82 Å². The van der Waals surface area contributed by atoms with Crippen LogP contribution in [0.1, 0.15) is 32.1 Å². The molecule has 0 radical (unpaired) electrons. The first kappa shape index (κ1) is 12.4. The van der Waals surface area contributed by atoms with Crippen LogP contribution in [0.15, 0.2) is 18.2 Å². The highest BCUT2D eigenvalue weighted by Gasteiger charge is 2.22. The molecule has 1 aliphatic carbocycles. The highest BCUT2D eigenvalue weighted by molar-refractivity contribution is 6.31. The van der Waals surface area contributed by atoms with E-state index in [2.05, 4.69) is 5.32 Å². The van der Waals surface area contributed by atoms with E-state index in [0.717, 1.165) is 25.7 Å². The Bertz CT molecular complexity index is 416. The van der Waals surface area contributed by atoms with Crippen molar-refractivity contribution in [2.24, 2.45) is 5.92 Å². The van der Waals surface area contributed by atoms with Gasteiger partial charge in [-0.15, -0.1) is 0 Å². The molecule has 0 unspecified atom stereocenters. The molecule has 17 heavy (non-hydrogen) atoms. The topological polar surface area (TPSA) is 29.1 Å². The van der Waals surface area contributed by atoms with E-state index in [4.69, 9.17) is 11.6 Å². The molecule has 0 heterocycles. The molecule has 1 aliphatic rings. The third-order valence-electron chi connectivity index (χ3n) is 3.19. The van der Waals surface area contributed by atoms with Crippen LogP contribution in [-0.4, -0.2) is 5.91 Å². The van der Waals surface area contributed by atoms with Crippen LogP contribution >= 0.6 is 11.6 Å². The maximum atomic E-state index is 13.6. The van der Waals surface area contributed by atoms with Crippen molar-refractivity contribution < 1.29 is 9.18 Å². The Morgan fingerprint density at radius 2 is 2.00 bits per heavy atom.